The molecular weight excluding hydrogens is 233 g/mol. The third-order valence-corrected chi connectivity index (χ3v) is 3.69. The van der Waals surface area contributed by atoms with Gasteiger partial charge in [-0.05, 0) is 42.5 Å². The van der Waals surface area contributed by atoms with Crippen LogP contribution in [0.4, 0.5) is 4.39 Å². The van der Waals surface area contributed by atoms with Gasteiger partial charge in [0.2, 0.25) is 0 Å². The average molecular weight is 249 g/mol. The lowest BCUT2D eigenvalue weighted by molar-refractivity contribution is 0.568. The zero-order valence-corrected chi connectivity index (χ0v) is 10.6. The fourth-order valence-corrected chi connectivity index (χ4v) is 2.47. The summed E-state index contributed by atoms with van der Waals surface area (Å²) in [5.41, 5.74) is 0.996. The molecule has 0 bridgehead atoms. The molecule has 1 aromatic heterocycles. The van der Waals surface area contributed by atoms with E-state index in [1.165, 1.54) is 10.9 Å². The molecule has 1 heterocycles. The number of benzene rings is 1. The smallest absolute Gasteiger partial charge is 0.123 e. The maximum atomic E-state index is 13.0. The van der Waals surface area contributed by atoms with Gasteiger partial charge in [0.15, 0.2) is 0 Å². The second kappa shape index (κ2) is 5.94. The molecular formula is C14H16FNS. The van der Waals surface area contributed by atoms with Crippen molar-refractivity contribution in [2.24, 2.45) is 0 Å². The zero-order chi connectivity index (χ0) is 12.1. The SMILES string of the molecule is C[C@H](NCCc1cccs1)c1cccc(F)c1. The lowest BCUT2D eigenvalue weighted by Gasteiger charge is -2.13. The largest absolute Gasteiger partial charge is 0.310 e. The van der Waals surface area contributed by atoms with E-state index in [0.717, 1.165) is 18.5 Å². The Morgan fingerprint density at radius 1 is 1.29 bits per heavy atom. The van der Waals surface area contributed by atoms with Gasteiger partial charge in [-0.1, -0.05) is 18.2 Å². The summed E-state index contributed by atoms with van der Waals surface area (Å²) in [6.07, 6.45) is 1.03. The van der Waals surface area contributed by atoms with Crippen molar-refractivity contribution < 1.29 is 4.39 Å². The molecule has 17 heavy (non-hydrogen) atoms. The molecule has 0 aliphatic heterocycles. The van der Waals surface area contributed by atoms with Crippen molar-refractivity contribution in [3.63, 3.8) is 0 Å². The van der Waals surface area contributed by atoms with Gasteiger partial charge in [-0.25, -0.2) is 4.39 Å². The predicted octanol–water partition coefficient (Wildman–Crippen LogP) is 3.78. The molecule has 0 fully saturated rings. The van der Waals surface area contributed by atoms with Gasteiger partial charge in [0.25, 0.3) is 0 Å². The quantitative estimate of drug-likeness (QED) is 0.850. The minimum absolute atomic E-state index is 0.172. The lowest BCUT2D eigenvalue weighted by atomic mass is 10.1. The highest BCUT2D eigenvalue weighted by Gasteiger charge is 2.05. The van der Waals surface area contributed by atoms with Crippen molar-refractivity contribution in [2.45, 2.75) is 19.4 Å². The fraction of sp³-hybridized carbons (Fsp3) is 0.286. The van der Waals surface area contributed by atoms with Gasteiger partial charge < -0.3 is 5.32 Å². The topological polar surface area (TPSA) is 12.0 Å². The molecule has 0 amide bonds. The van der Waals surface area contributed by atoms with Crippen molar-refractivity contribution in [2.75, 3.05) is 6.54 Å². The van der Waals surface area contributed by atoms with Crippen molar-refractivity contribution in [1.29, 1.82) is 0 Å². The van der Waals surface area contributed by atoms with Crippen LogP contribution in [0, 0.1) is 5.82 Å². The molecule has 0 aliphatic rings. The Kier molecular flexibility index (Phi) is 4.29. The Hall–Kier alpha value is -1.19. The Bertz CT molecular complexity index is 453. The van der Waals surface area contributed by atoms with E-state index in [4.69, 9.17) is 0 Å². The van der Waals surface area contributed by atoms with Gasteiger partial charge in [0.05, 0.1) is 0 Å². The molecule has 2 rings (SSSR count). The van der Waals surface area contributed by atoms with Crippen LogP contribution in [0.5, 0.6) is 0 Å². The monoisotopic (exact) mass is 249 g/mol. The average Bonchev–Trinajstić information content (AvgIpc) is 2.82. The molecule has 1 aromatic carbocycles. The van der Waals surface area contributed by atoms with Crippen molar-refractivity contribution in [3.05, 3.63) is 58.0 Å². The number of nitrogens with one attached hydrogen (secondary N) is 1. The van der Waals surface area contributed by atoms with Crippen LogP contribution >= 0.6 is 11.3 Å². The molecule has 0 spiro atoms. The number of halogens is 1. The van der Waals surface area contributed by atoms with E-state index in [1.54, 1.807) is 23.5 Å². The number of hydrogen-bond donors (Lipinski definition) is 1. The molecule has 90 valence electrons. The van der Waals surface area contributed by atoms with E-state index in [1.807, 2.05) is 6.07 Å². The first-order chi connectivity index (χ1) is 8.25. The molecule has 0 aliphatic carbocycles. The Labute approximate surface area is 105 Å². The minimum atomic E-state index is -0.172. The van der Waals surface area contributed by atoms with Crippen LogP contribution in [0.25, 0.3) is 0 Å². The van der Waals surface area contributed by atoms with E-state index in [2.05, 4.69) is 29.8 Å². The second-order valence-corrected chi connectivity index (χ2v) is 5.09. The van der Waals surface area contributed by atoms with Gasteiger partial charge in [-0.15, -0.1) is 11.3 Å². The molecule has 2 aromatic rings. The first-order valence-electron chi connectivity index (χ1n) is 5.77. The molecule has 1 N–H and O–H groups in total. The van der Waals surface area contributed by atoms with Crippen LogP contribution in [0.3, 0.4) is 0 Å². The van der Waals surface area contributed by atoms with Crippen LogP contribution in [-0.2, 0) is 6.42 Å². The summed E-state index contributed by atoms with van der Waals surface area (Å²) in [5.74, 6) is -0.172. The van der Waals surface area contributed by atoms with Crippen LogP contribution in [0.15, 0.2) is 41.8 Å². The normalized spacial score (nSPS) is 12.6. The molecule has 0 saturated carbocycles. The van der Waals surface area contributed by atoms with Gasteiger partial charge in [0, 0.05) is 17.5 Å². The molecule has 0 saturated heterocycles. The Morgan fingerprint density at radius 2 is 2.18 bits per heavy atom. The van der Waals surface area contributed by atoms with E-state index in [0.29, 0.717) is 0 Å². The molecule has 1 atom stereocenters. The van der Waals surface area contributed by atoms with E-state index in [9.17, 15) is 4.39 Å². The van der Waals surface area contributed by atoms with Gasteiger partial charge >= 0.3 is 0 Å². The van der Waals surface area contributed by atoms with E-state index >= 15 is 0 Å². The van der Waals surface area contributed by atoms with Crippen molar-refractivity contribution in [1.82, 2.24) is 5.32 Å². The maximum absolute atomic E-state index is 13.0. The third-order valence-electron chi connectivity index (χ3n) is 2.75. The van der Waals surface area contributed by atoms with Crippen LogP contribution in [0.1, 0.15) is 23.4 Å². The Balaban J connectivity index is 1.83. The lowest BCUT2D eigenvalue weighted by Crippen LogP contribution is -2.21. The van der Waals surface area contributed by atoms with Crippen LogP contribution in [0.2, 0.25) is 0 Å². The van der Waals surface area contributed by atoms with E-state index < -0.39 is 0 Å². The number of thiophene rings is 1. The summed E-state index contributed by atoms with van der Waals surface area (Å²) < 4.78 is 13.0. The van der Waals surface area contributed by atoms with Crippen molar-refractivity contribution in [3.8, 4) is 0 Å². The van der Waals surface area contributed by atoms with Crippen molar-refractivity contribution >= 4 is 11.3 Å². The first-order valence-corrected chi connectivity index (χ1v) is 6.65. The summed E-state index contributed by atoms with van der Waals surface area (Å²) in [5, 5.41) is 5.49. The van der Waals surface area contributed by atoms with E-state index in [-0.39, 0.29) is 11.9 Å². The fourth-order valence-electron chi connectivity index (χ4n) is 1.76. The standard InChI is InChI=1S/C14H16FNS/c1-11(12-4-2-5-13(15)10-12)16-8-7-14-6-3-9-17-14/h2-6,9-11,16H,7-8H2,1H3/t11-/m0/s1. The van der Waals surface area contributed by atoms with Crippen LogP contribution in [-0.4, -0.2) is 6.54 Å². The summed E-state index contributed by atoms with van der Waals surface area (Å²) >= 11 is 1.77. The third kappa shape index (κ3) is 3.65. The summed E-state index contributed by atoms with van der Waals surface area (Å²) in [7, 11) is 0. The Morgan fingerprint density at radius 3 is 2.88 bits per heavy atom. The van der Waals surface area contributed by atoms with Gasteiger partial charge in [-0.2, -0.15) is 0 Å². The highest BCUT2D eigenvalue weighted by atomic mass is 32.1. The molecule has 0 radical (unpaired) electrons. The summed E-state index contributed by atoms with van der Waals surface area (Å²) in [6, 6.07) is 11.2. The predicted molar refractivity (Wildman–Crippen MR) is 70.8 cm³/mol. The summed E-state index contributed by atoms with van der Waals surface area (Å²) in [6.45, 7) is 2.97. The van der Waals surface area contributed by atoms with Crippen LogP contribution < -0.4 is 5.32 Å². The first kappa shape index (κ1) is 12.3. The maximum Gasteiger partial charge on any atom is 0.123 e. The second-order valence-electron chi connectivity index (χ2n) is 4.06. The molecule has 3 heteroatoms. The highest BCUT2D eigenvalue weighted by molar-refractivity contribution is 7.09. The van der Waals surface area contributed by atoms with Gasteiger partial charge in [0.1, 0.15) is 5.82 Å². The number of rotatable bonds is 5. The molecule has 0 unspecified atom stereocenters. The summed E-state index contributed by atoms with van der Waals surface area (Å²) in [4.78, 5) is 1.38. The zero-order valence-electron chi connectivity index (χ0n) is 9.82. The highest BCUT2D eigenvalue weighted by Crippen LogP contribution is 2.14. The van der Waals surface area contributed by atoms with Gasteiger partial charge in [-0.3, -0.25) is 0 Å². The number of hydrogen-bond acceptors (Lipinski definition) is 2. The molecule has 1 nitrogen and oxygen atoms in total. The minimum Gasteiger partial charge on any atom is -0.310 e.